The maximum atomic E-state index is 11.8. The number of hydrogen-bond acceptors (Lipinski definition) is 3. The minimum absolute atomic E-state index is 0.0612. The van der Waals surface area contributed by atoms with Gasteiger partial charge in [0.05, 0.1) is 5.54 Å². The van der Waals surface area contributed by atoms with Crippen molar-refractivity contribution in [3.05, 3.63) is 40.9 Å². The van der Waals surface area contributed by atoms with Crippen molar-refractivity contribution in [2.75, 3.05) is 6.54 Å². The lowest BCUT2D eigenvalue weighted by Gasteiger charge is -2.19. The molecule has 0 atom stereocenters. The third-order valence-electron chi connectivity index (χ3n) is 3.45. The van der Waals surface area contributed by atoms with Crippen molar-refractivity contribution < 1.29 is 4.79 Å². The molecule has 1 aromatic rings. The highest BCUT2D eigenvalue weighted by Gasteiger charge is 2.45. The minimum Gasteiger partial charge on any atom is -0.398 e. The Morgan fingerprint density at radius 3 is 2.95 bits per heavy atom. The predicted octanol–water partition coefficient (Wildman–Crippen LogP) is 1.74. The van der Waals surface area contributed by atoms with Gasteiger partial charge in [0.1, 0.15) is 5.71 Å². The Morgan fingerprint density at radius 1 is 1.47 bits per heavy atom. The van der Waals surface area contributed by atoms with E-state index in [0.29, 0.717) is 23.0 Å². The molecule has 0 unspecified atom stereocenters. The average molecular weight is 276 g/mol. The summed E-state index contributed by atoms with van der Waals surface area (Å²) < 4.78 is 0. The van der Waals surface area contributed by atoms with Crippen molar-refractivity contribution >= 4 is 28.9 Å². The maximum Gasteiger partial charge on any atom is 0.269 e. The van der Waals surface area contributed by atoms with Gasteiger partial charge in [-0.25, -0.2) is 0 Å². The molecule has 0 saturated heterocycles. The molecule has 19 heavy (non-hydrogen) atoms. The first-order valence-electron chi connectivity index (χ1n) is 6.19. The van der Waals surface area contributed by atoms with Gasteiger partial charge in [0.2, 0.25) is 0 Å². The van der Waals surface area contributed by atoms with Crippen molar-refractivity contribution in [1.82, 2.24) is 5.32 Å². The van der Waals surface area contributed by atoms with Gasteiger partial charge in [0.25, 0.3) is 5.91 Å². The van der Waals surface area contributed by atoms with Crippen molar-refractivity contribution in [1.29, 1.82) is 0 Å². The average Bonchev–Trinajstić information content (AvgIpc) is 3.14. The number of rotatable bonds is 2. The molecule has 4 nitrogen and oxygen atoms in total. The van der Waals surface area contributed by atoms with E-state index in [1.807, 2.05) is 12.1 Å². The Hall–Kier alpha value is -1.81. The van der Waals surface area contributed by atoms with Crippen LogP contribution in [0.3, 0.4) is 0 Å². The normalized spacial score (nSPS) is 21.0. The number of benzene rings is 1. The fraction of sp³-hybridized carbons (Fsp3) is 0.286. The molecule has 5 heteroatoms. The molecule has 1 fully saturated rings. The standard InChI is InChI=1S/C14H14ClN3O/c15-10-3-1-2-9(6-10)11(16)7-12-13(19)17-8-14(18-12)4-5-14/h1-3,6-7H,4-5,8,16H2,(H,17,19). The molecule has 1 aliphatic carbocycles. The lowest BCUT2D eigenvalue weighted by Crippen LogP contribution is -2.42. The molecule has 1 aromatic carbocycles. The third-order valence-corrected chi connectivity index (χ3v) is 3.68. The van der Waals surface area contributed by atoms with Gasteiger partial charge in [-0.15, -0.1) is 0 Å². The second kappa shape index (κ2) is 4.38. The summed E-state index contributed by atoms with van der Waals surface area (Å²) in [6.45, 7) is 0.639. The Kier molecular flexibility index (Phi) is 2.82. The van der Waals surface area contributed by atoms with Crippen LogP contribution in [0.5, 0.6) is 0 Å². The van der Waals surface area contributed by atoms with E-state index in [4.69, 9.17) is 17.3 Å². The van der Waals surface area contributed by atoms with E-state index >= 15 is 0 Å². The van der Waals surface area contributed by atoms with E-state index in [0.717, 1.165) is 18.4 Å². The van der Waals surface area contributed by atoms with Gasteiger partial charge < -0.3 is 11.1 Å². The summed E-state index contributed by atoms with van der Waals surface area (Å²) in [5.41, 5.74) is 7.64. The smallest absolute Gasteiger partial charge is 0.269 e. The summed E-state index contributed by atoms with van der Waals surface area (Å²) in [5.74, 6) is -0.164. The van der Waals surface area contributed by atoms with Gasteiger partial charge in [-0.3, -0.25) is 9.79 Å². The molecule has 0 radical (unpaired) electrons. The van der Waals surface area contributed by atoms with Crippen LogP contribution in [0, 0.1) is 0 Å². The van der Waals surface area contributed by atoms with E-state index in [1.165, 1.54) is 0 Å². The van der Waals surface area contributed by atoms with E-state index in [-0.39, 0.29) is 11.4 Å². The quantitative estimate of drug-likeness (QED) is 0.863. The summed E-state index contributed by atoms with van der Waals surface area (Å²) >= 11 is 5.92. The maximum absolute atomic E-state index is 11.8. The van der Waals surface area contributed by atoms with Crippen LogP contribution < -0.4 is 11.1 Å². The van der Waals surface area contributed by atoms with Crippen LogP contribution in [-0.4, -0.2) is 23.7 Å². The van der Waals surface area contributed by atoms with Crippen molar-refractivity contribution in [2.24, 2.45) is 10.7 Å². The van der Waals surface area contributed by atoms with E-state index in [1.54, 1.807) is 18.2 Å². The Bertz CT molecular complexity index is 602. The van der Waals surface area contributed by atoms with Crippen LogP contribution in [0.4, 0.5) is 0 Å². The summed E-state index contributed by atoms with van der Waals surface area (Å²) in [6, 6.07) is 7.22. The zero-order chi connectivity index (χ0) is 13.5. The monoisotopic (exact) mass is 275 g/mol. The molecule has 1 saturated carbocycles. The van der Waals surface area contributed by atoms with Gasteiger partial charge in [0, 0.05) is 17.3 Å². The van der Waals surface area contributed by atoms with Crippen LogP contribution in [0.15, 0.2) is 35.3 Å². The van der Waals surface area contributed by atoms with Crippen molar-refractivity contribution in [3.63, 3.8) is 0 Å². The van der Waals surface area contributed by atoms with Crippen molar-refractivity contribution in [2.45, 2.75) is 18.4 Å². The van der Waals surface area contributed by atoms with Crippen LogP contribution in [0.1, 0.15) is 18.4 Å². The predicted molar refractivity (Wildman–Crippen MR) is 76.0 cm³/mol. The third kappa shape index (κ3) is 2.49. The number of halogens is 1. The number of nitrogens with zero attached hydrogens (tertiary/aromatic N) is 1. The molecular formula is C14H14ClN3O. The number of carbonyl (C=O) groups excluding carboxylic acids is 1. The fourth-order valence-corrected chi connectivity index (χ4v) is 2.30. The second-order valence-electron chi connectivity index (χ2n) is 5.01. The van der Waals surface area contributed by atoms with Gasteiger partial charge in [0.15, 0.2) is 0 Å². The molecule has 0 aromatic heterocycles. The Labute approximate surface area is 116 Å². The summed E-state index contributed by atoms with van der Waals surface area (Å²) in [4.78, 5) is 16.3. The van der Waals surface area contributed by atoms with Crippen LogP contribution >= 0.6 is 11.6 Å². The Morgan fingerprint density at radius 2 is 2.26 bits per heavy atom. The van der Waals surface area contributed by atoms with Crippen molar-refractivity contribution in [3.8, 4) is 0 Å². The zero-order valence-corrected chi connectivity index (χ0v) is 11.1. The lowest BCUT2D eigenvalue weighted by atomic mass is 10.1. The van der Waals surface area contributed by atoms with Gasteiger partial charge in [-0.1, -0.05) is 23.7 Å². The zero-order valence-electron chi connectivity index (χ0n) is 10.3. The number of hydrogen-bond donors (Lipinski definition) is 2. The van der Waals surface area contributed by atoms with Gasteiger partial charge in [-0.05, 0) is 36.6 Å². The SMILES string of the molecule is NC(=CC1=NC2(CC2)CNC1=O)c1cccc(Cl)c1. The molecule has 1 amide bonds. The first-order valence-corrected chi connectivity index (χ1v) is 6.57. The Balaban J connectivity index is 1.92. The lowest BCUT2D eigenvalue weighted by molar-refractivity contribution is -0.115. The minimum atomic E-state index is -0.164. The number of amides is 1. The van der Waals surface area contributed by atoms with Crippen LogP contribution in [0.2, 0.25) is 5.02 Å². The molecule has 0 bridgehead atoms. The molecule has 2 aliphatic rings. The number of carbonyl (C=O) groups is 1. The first-order chi connectivity index (χ1) is 9.08. The number of aliphatic imine (C=N–C) groups is 1. The summed E-state index contributed by atoms with van der Waals surface area (Å²) in [7, 11) is 0. The molecule has 1 heterocycles. The van der Waals surface area contributed by atoms with Crippen LogP contribution in [-0.2, 0) is 4.79 Å². The summed E-state index contributed by atoms with van der Waals surface area (Å²) in [5, 5.41) is 3.47. The number of nitrogens with one attached hydrogen (secondary N) is 1. The van der Waals surface area contributed by atoms with Gasteiger partial charge in [-0.2, -0.15) is 0 Å². The van der Waals surface area contributed by atoms with E-state index in [2.05, 4.69) is 10.3 Å². The first kappa shape index (κ1) is 12.2. The molecule has 1 aliphatic heterocycles. The molecular weight excluding hydrogens is 262 g/mol. The molecule has 3 N–H and O–H groups in total. The van der Waals surface area contributed by atoms with E-state index in [9.17, 15) is 4.79 Å². The fourth-order valence-electron chi connectivity index (χ4n) is 2.11. The molecule has 3 rings (SSSR count). The van der Waals surface area contributed by atoms with E-state index < -0.39 is 0 Å². The number of nitrogens with two attached hydrogens (primary N) is 1. The highest BCUT2D eigenvalue weighted by atomic mass is 35.5. The highest BCUT2D eigenvalue weighted by Crippen LogP contribution is 2.40. The van der Waals surface area contributed by atoms with Gasteiger partial charge >= 0.3 is 0 Å². The largest absolute Gasteiger partial charge is 0.398 e. The molecule has 98 valence electrons. The molecule has 1 spiro atoms. The van der Waals surface area contributed by atoms with Crippen LogP contribution in [0.25, 0.3) is 5.70 Å². The highest BCUT2D eigenvalue weighted by molar-refractivity contribution is 6.45. The second-order valence-corrected chi connectivity index (χ2v) is 5.45. The summed E-state index contributed by atoms with van der Waals surface area (Å²) in [6.07, 6.45) is 3.68. The topological polar surface area (TPSA) is 67.5 Å².